The molecule has 0 radical (unpaired) electrons. The summed E-state index contributed by atoms with van der Waals surface area (Å²) in [6.45, 7) is 21.6. The molecule has 2 aliphatic heterocycles. The van der Waals surface area contributed by atoms with Crippen molar-refractivity contribution in [2.45, 2.75) is 243 Å². The van der Waals surface area contributed by atoms with Crippen LogP contribution in [-0.2, 0) is 95.3 Å². The second-order valence-electron chi connectivity index (χ2n) is 33.0. The third-order valence-electron chi connectivity index (χ3n) is 25.3. The van der Waals surface area contributed by atoms with Gasteiger partial charge >= 0.3 is 53.7 Å². The Hall–Kier alpha value is -11.7. The summed E-state index contributed by atoms with van der Waals surface area (Å²) in [4.78, 5) is 179. The van der Waals surface area contributed by atoms with Gasteiger partial charge in [-0.3, -0.25) is 43.2 Å². The number of ketones is 2. The number of halogens is 1. The molecule has 696 valence electrons. The Morgan fingerprint density at radius 1 is 0.454 bits per heavy atom. The van der Waals surface area contributed by atoms with E-state index in [2.05, 4.69) is 10.6 Å². The van der Waals surface area contributed by atoms with Crippen LogP contribution in [0.2, 0.25) is 0 Å². The summed E-state index contributed by atoms with van der Waals surface area (Å²) < 4.78 is 65.5. The standard InChI is InChI=1S/C47H48ClNO15.C45H47NO14.3C2H6/c1-25-31-21-46(58,22-32(25)61-44(57)38(62-35(53)23-48)36(28-14-8-5-9-15-28)49-42(55)29-16-10-6-11-17-29)41(63-43(56)30-18-12-7-13-19-30)39-45(4,40(54)37(31)60-26(2)50)33(52)20-34-47(39,24-59-34)64-27(3)51;1-24-30-21-44(55,22-31(24)58-42(54)35(50)34(27-14-8-5-9-15-27)46-40(52)28-16-10-6-11-17-28)39(59-41(53)29-18-12-7-13-19-29)37-43(4,38(51)36(30)57-25(2)47)32(49)20-33-45(37,23-56-33)60-26(3)48;3*1-2/h5-19,32-34,36-39,41,52,58H,20-24H2,1-4H3,(H,49,55);5-19,31-37,39,49-50,55H,20-23H2,1-4H3,(H,46,52);3*1-2H3/t32-,33-,34+,36-,37+,38+,39-,41-,45+,46+,47-;31-,32-,33+,34-,35+,36+,37-,39-,43+,44+,45-;;;/m00.../s1. The van der Waals surface area contributed by atoms with E-state index >= 15 is 9.59 Å². The lowest BCUT2D eigenvalue weighted by Gasteiger charge is -2.65. The summed E-state index contributed by atoms with van der Waals surface area (Å²) >= 11 is 5.88. The van der Waals surface area contributed by atoms with E-state index in [4.69, 9.17) is 63.7 Å². The number of nitrogens with one attached hydrogen (secondary N) is 2. The molecule has 0 unspecified atom stereocenters. The van der Waals surface area contributed by atoms with E-state index in [1.165, 1.54) is 52.0 Å². The number of alkyl halides is 1. The molecule has 0 spiro atoms. The average Bonchev–Trinajstić information content (AvgIpc) is 0.681. The lowest BCUT2D eigenvalue weighted by molar-refractivity contribution is -0.340. The number of benzene rings is 6. The van der Waals surface area contributed by atoms with Gasteiger partial charge < -0.3 is 88.3 Å². The van der Waals surface area contributed by atoms with Crippen molar-refractivity contribution in [3.8, 4) is 0 Å². The minimum Gasteiger partial charge on any atom is -0.456 e. The molecule has 7 N–H and O–H groups in total. The number of carbonyl (C=O) groups excluding carboxylic acids is 13. The van der Waals surface area contributed by atoms with Gasteiger partial charge in [0.15, 0.2) is 41.1 Å². The number of amides is 2. The molecule has 0 aromatic heterocycles. The van der Waals surface area contributed by atoms with Crippen LogP contribution in [0.25, 0.3) is 0 Å². The molecule has 14 rings (SSSR count). The summed E-state index contributed by atoms with van der Waals surface area (Å²) in [6, 6.07) is 45.5. The molecule has 31 nitrogen and oxygen atoms in total. The zero-order chi connectivity index (χ0) is 95.3. The number of hydrogen-bond acceptors (Lipinski definition) is 29. The minimum absolute atomic E-state index is 0.00869. The van der Waals surface area contributed by atoms with Crippen molar-refractivity contribution in [2.24, 2.45) is 22.7 Å². The van der Waals surface area contributed by atoms with Gasteiger partial charge in [0.05, 0.1) is 65.3 Å². The first-order valence-corrected chi connectivity index (χ1v) is 43.9. The zero-order valence-corrected chi connectivity index (χ0v) is 75.6. The summed E-state index contributed by atoms with van der Waals surface area (Å²) in [5.74, 6) is -15.4. The Labute approximate surface area is 758 Å². The summed E-state index contributed by atoms with van der Waals surface area (Å²) in [6.07, 6.45) is -21.7. The van der Waals surface area contributed by atoms with Gasteiger partial charge in [0, 0.05) is 77.3 Å². The Kier molecular flexibility index (Phi) is 32.8. The van der Waals surface area contributed by atoms with Crippen LogP contribution in [0.3, 0.4) is 0 Å². The van der Waals surface area contributed by atoms with E-state index in [-0.39, 0.29) is 70.6 Å². The van der Waals surface area contributed by atoms with Gasteiger partial charge in [-0.1, -0.05) is 175 Å². The van der Waals surface area contributed by atoms with Crippen molar-refractivity contribution in [1.29, 1.82) is 0 Å². The van der Waals surface area contributed by atoms with Crippen molar-refractivity contribution >= 4 is 88.7 Å². The second kappa shape index (κ2) is 42.5. The Bertz CT molecular complexity index is 5180. The number of fused-ring (bicyclic) bond motifs is 10. The first-order chi connectivity index (χ1) is 61.9. The molecule has 2 heterocycles. The van der Waals surface area contributed by atoms with Crippen molar-refractivity contribution in [3.63, 3.8) is 0 Å². The van der Waals surface area contributed by atoms with Crippen molar-refractivity contribution in [3.05, 3.63) is 238 Å². The molecule has 6 aromatic carbocycles. The summed E-state index contributed by atoms with van der Waals surface area (Å²) in [5, 5.41) is 67.5. The molecular weight excluding hydrogens is 1700 g/mol. The van der Waals surface area contributed by atoms with E-state index in [0.717, 1.165) is 27.7 Å². The van der Waals surface area contributed by atoms with Crippen LogP contribution in [0.4, 0.5) is 0 Å². The molecular formula is C98H113ClN2O29. The van der Waals surface area contributed by atoms with Crippen LogP contribution in [0.1, 0.15) is 200 Å². The molecule has 8 aliphatic rings. The van der Waals surface area contributed by atoms with E-state index in [0.29, 0.717) is 11.1 Å². The monoisotopic (exact) mass is 1820 g/mol. The van der Waals surface area contributed by atoms with Crippen molar-refractivity contribution in [2.75, 3.05) is 19.1 Å². The van der Waals surface area contributed by atoms with E-state index in [1.807, 2.05) is 41.5 Å². The van der Waals surface area contributed by atoms with Crippen molar-refractivity contribution in [1.82, 2.24) is 10.6 Å². The number of ether oxygens (including phenoxy) is 11. The highest BCUT2D eigenvalue weighted by Gasteiger charge is 2.78. The zero-order valence-electron chi connectivity index (χ0n) is 74.8. The molecule has 4 bridgehead atoms. The van der Waals surface area contributed by atoms with E-state index in [1.54, 1.807) is 158 Å². The average molecular weight is 1820 g/mol. The maximum atomic E-state index is 15.3. The molecule has 130 heavy (non-hydrogen) atoms. The molecule has 22 atom stereocenters. The fourth-order valence-electron chi connectivity index (χ4n) is 19.1. The SMILES string of the molecule is CC.CC.CC.CC(=O)O[C@H]1C(=O)[C@@]2(C)[C@H]([C@H](OC(=O)c3ccccc3)[C@@]3(O)CC1=C(C)[C@@H](OC(=O)[C@H](O)[C@@H](NC(=O)c1ccccc1)c1ccccc1)C3)[C@]1(OC(C)=O)CO[C@@H]1C[C@@H]2O.CC(=O)O[C@H]1C(=O)[C@@]2(C)[C@H]([C@H](OC(=O)c3ccccc3)[C@@]3(O)CC1=C(C)[C@@H](OC(=O)[C@H](OC(=O)CCl)[C@@H](NC(=O)c1ccccc1)c1ccccc1)C3)[C@]1(OC(C)=O)CO[C@@H]1C[C@@H]2O. The Balaban J connectivity index is 0.000000256. The first kappa shape index (κ1) is 100. The third-order valence-corrected chi connectivity index (χ3v) is 25.5. The molecule has 6 aliphatic carbocycles. The fourth-order valence-corrected chi connectivity index (χ4v) is 19.2. The van der Waals surface area contributed by atoms with E-state index < -0.39 is 239 Å². The molecule has 6 fully saturated rings. The van der Waals surface area contributed by atoms with Crippen LogP contribution in [0, 0.1) is 22.7 Å². The fraction of sp³-hybridized carbons (Fsp3) is 0.459. The number of aliphatic hydroxyl groups excluding tert-OH is 3. The second-order valence-corrected chi connectivity index (χ2v) is 33.3. The van der Waals surface area contributed by atoms with Crippen LogP contribution in [0.15, 0.2) is 204 Å². The predicted molar refractivity (Wildman–Crippen MR) is 466 cm³/mol. The highest BCUT2D eigenvalue weighted by atomic mass is 35.5. The van der Waals surface area contributed by atoms with Gasteiger partial charge in [-0.15, -0.1) is 11.6 Å². The number of rotatable bonds is 22. The molecule has 6 aromatic rings. The van der Waals surface area contributed by atoms with Crippen LogP contribution in [-0.4, -0.2) is 217 Å². The first-order valence-electron chi connectivity index (χ1n) is 43.4. The predicted octanol–water partition coefficient (Wildman–Crippen LogP) is 10.1. The van der Waals surface area contributed by atoms with Gasteiger partial charge in [0.1, 0.15) is 59.7 Å². The number of Topliss-reactive ketones (excluding diaryl/α,β-unsaturated/α-hetero) is 2. The lowest BCUT2D eigenvalue weighted by atomic mass is 9.48. The highest BCUT2D eigenvalue weighted by molar-refractivity contribution is 6.26. The van der Waals surface area contributed by atoms with Gasteiger partial charge in [0.25, 0.3) is 11.8 Å². The van der Waals surface area contributed by atoms with Crippen molar-refractivity contribution < 1.29 is 140 Å². The topological polar surface area (TPSA) is 449 Å². The van der Waals surface area contributed by atoms with Gasteiger partial charge in [-0.25, -0.2) is 19.2 Å². The summed E-state index contributed by atoms with van der Waals surface area (Å²) in [7, 11) is 0. The van der Waals surface area contributed by atoms with E-state index in [9.17, 15) is 78.3 Å². The number of hydrogen-bond donors (Lipinski definition) is 7. The van der Waals surface area contributed by atoms with Gasteiger partial charge in [-0.2, -0.15) is 0 Å². The van der Waals surface area contributed by atoms with Gasteiger partial charge in [-0.05, 0) is 110 Å². The molecule has 2 saturated heterocycles. The maximum absolute atomic E-state index is 15.3. The number of aliphatic hydroxyl groups is 5. The largest absolute Gasteiger partial charge is 0.456 e. The molecule has 2 amide bonds. The third kappa shape index (κ3) is 20.3. The Morgan fingerprint density at radius 3 is 1.10 bits per heavy atom. The Morgan fingerprint density at radius 2 is 0.777 bits per heavy atom. The number of esters is 9. The molecule has 4 saturated carbocycles. The minimum atomic E-state index is -2.34. The highest BCUT2D eigenvalue weighted by Crippen LogP contribution is 2.64. The smallest absolute Gasteiger partial charge is 0.350 e. The van der Waals surface area contributed by atoms with Crippen LogP contribution in [0.5, 0.6) is 0 Å². The quantitative estimate of drug-likeness (QED) is 0.0144. The maximum Gasteiger partial charge on any atom is 0.350 e. The number of carbonyl (C=O) groups is 13. The van der Waals surface area contributed by atoms with Crippen LogP contribution >= 0.6 is 11.6 Å². The van der Waals surface area contributed by atoms with Crippen LogP contribution < -0.4 is 10.6 Å². The summed E-state index contributed by atoms with van der Waals surface area (Å²) in [5.41, 5.74) is -10.6. The normalized spacial score (nSPS) is 29.6. The lowest BCUT2D eigenvalue weighted by Crippen LogP contribution is -2.80. The van der Waals surface area contributed by atoms with Gasteiger partial charge in [0.2, 0.25) is 6.10 Å². The molecule has 32 heteroatoms.